The number of hydrogen-bond donors (Lipinski definition) is 2. The number of carbonyl (C=O) groups is 3. The first kappa shape index (κ1) is 39.6. The van der Waals surface area contributed by atoms with Crippen molar-refractivity contribution >= 4 is 35.1 Å². The highest BCUT2D eigenvalue weighted by molar-refractivity contribution is 7.80. The number of amides is 1. The van der Waals surface area contributed by atoms with Crippen LogP contribution in [0.2, 0.25) is 0 Å². The molecule has 0 aromatic heterocycles. The van der Waals surface area contributed by atoms with Gasteiger partial charge in [0, 0.05) is 24.0 Å². The van der Waals surface area contributed by atoms with Crippen LogP contribution in [0.25, 0.3) is 0 Å². The first-order valence-electron chi connectivity index (χ1n) is 17.0. The van der Waals surface area contributed by atoms with Crippen LogP contribution in [-0.4, -0.2) is 49.1 Å². The molecule has 0 aliphatic heterocycles. The summed E-state index contributed by atoms with van der Waals surface area (Å²) in [7, 11) is 2.74. The topological polar surface area (TPSA) is 93.7 Å². The normalized spacial score (nSPS) is 11.7. The van der Waals surface area contributed by atoms with Crippen molar-refractivity contribution in [2.45, 2.75) is 79.3 Å². The van der Waals surface area contributed by atoms with E-state index in [1.807, 2.05) is 113 Å². The third kappa shape index (κ3) is 11.1. The van der Waals surface area contributed by atoms with Crippen LogP contribution < -0.4 is 10.6 Å². The molecule has 2 N–H and O–H groups in total. The fourth-order valence-corrected chi connectivity index (χ4v) is 6.18. The van der Waals surface area contributed by atoms with Crippen LogP contribution >= 0.6 is 12.2 Å². The predicted molar refractivity (Wildman–Crippen MR) is 205 cm³/mol. The Morgan fingerprint density at radius 1 is 0.600 bits per heavy atom. The van der Waals surface area contributed by atoms with E-state index in [0.29, 0.717) is 23.4 Å². The largest absolute Gasteiger partial charge is 0.467 e. The Labute approximate surface area is 302 Å². The van der Waals surface area contributed by atoms with Gasteiger partial charge in [-0.15, -0.1) is 0 Å². The molecular weight excluding hydrogens is 645 g/mol. The molecule has 2 unspecified atom stereocenters. The Morgan fingerprint density at radius 2 is 1.00 bits per heavy atom. The third-order valence-electron chi connectivity index (χ3n) is 8.64. The van der Waals surface area contributed by atoms with Crippen LogP contribution in [0.5, 0.6) is 0 Å². The molecule has 4 aromatic carbocycles. The number of thiocarbonyl (C=S) groups is 1. The van der Waals surface area contributed by atoms with Gasteiger partial charge in [-0.3, -0.25) is 4.79 Å². The molecule has 2 atom stereocenters. The summed E-state index contributed by atoms with van der Waals surface area (Å²) in [5, 5.41) is 6.07. The summed E-state index contributed by atoms with van der Waals surface area (Å²) in [6, 6.07) is 26.7. The van der Waals surface area contributed by atoms with Gasteiger partial charge in [-0.2, -0.15) is 0 Å². The van der Waals surface area contributed by atoms with Crippen molar-refractivity contribution in [3.8, 4) is 0 Å². The van der Waals surface area contributed by atoms with Gasteiger partial charge in [0.15, 0.2) is 0 Å². The summed E-state index contributed by atoms with van der Waals surface area (Å²) in [5.74, 6) is -0.993. The summed E-state index contributed by atoms with van der Waals surface area (Å²) in [6.07, 6.45) is 2.57. The lowest BCUT2D eigenvalue weighted by Crippen LogP contribution is -2.43. The summed E-state index contributed by atoms with van der Waals surface area (Å²) in [5.41, 5.74) is 10.2. The van der Waals surface area contributed by atoms with Gasteiger partial charge in [-0.25, -0.2) is 9.59 Å². The predicted octanol–water partition coefficient (Wildman–Crippen LogP) is 7.30. The van der Waals surface area contributed by atoms with Gasteiger partial charge < -0.3 is 20.1 Å². The number of esters is 2. The quantitative estimate of drug-likeness (QED) is 0.119. The van der Waals surface area contributed by atoms with Gasteiger partial charge >= 0.3 is 11.9 Å². The van der Waals surface area contributed by atoms with Gasteiger partial charge in [-0.1, -0.05) is 122 Å². The van der Waals surface area contributed by atoms with Crippen LogP contribution in [0.15, 0.2) is 84.9 Å². The molecular formula is C42H50N2O5S. The molecule has 4 aromatic rings. The Morgan fingerprint density at radius 3 is 1.42 bits per heavy atom. The first-order valence-corrected chi connectivity index (χ1v) is 17.4. The maximum absolute atomic E-state index is 12.8. The van der Waals surface area contributed by atoms with Gasteiger partial charge in [0.1, 0.15) is 17.1 Å². The number of carbonyl (C=O) groups excluding carboxylic acids is 3. The number of hydrogen-bond acceptors (Lipinski definition) is 6. The molecule has 1 amide bonds. The second-order valence-corrected chi connectivity index (χ2v) is 12.8. The molecule has 0 aliphatic rings. The third-order valence-corrected chi connectivity index (χ3v) is 8.96. The fraction of sp³-hybridized carbons (Fsp3) is 0.333. The van der Waals surface area contributed by atoms with Crippen molar-refractivity contribution in [1.29, 1.82) is 0 Å². The molecule has 0 radical (unpaired) electrons. The van der Waals surface area contributed by atoms with E-state index in [1.165, 1.54) is 25.3 Å². The summed E-state index contributed by atoms with van der Waals surface area (Å²) in [4.78, 5) is 37.8. The maximum atomic E-state index is 12.8. The summed E-state index contributed by atoms with van der Waals surface area (Å²) < 4.78 is 9.85. The average Bonchev–Trinajstić information content (AvgIpc) is 3.11. The molecule has 4 rings (SSSR count). The Kier molecular flexibility index (Phi) is 15.4. The zero-order valence-corrected chi connectivity index (χ0v) is 31.3. The van der Waals surface area contributed by atoms with E-state index in [0.717, 1.165) is 51.8 Å². The van der Waals surface area contributed by atoms with Crippen LogP contribution in [0.1, 0.15) is 74.3 Å². The maximum Gasteiger partial charge on any atom is 0.328 e. The monoisotopic (exact) mass is 694 g/mol. The molecule has 0 fully saturated rings. The van der Waals surface area contributed by atoms with Gasteiger partial charge in [0.25, 0.3) is 5.91 Å². The van der Waals surface area contributed by atoms with E-state index in [4.69, 9.17) is 21.7 Å². The van der Waals surface area contributed by atoms with E-state index < -0.39 is 18.1 Å². The molecule has 50 heavy (non-hydrogen) atoms. The van der Waals surface area contributed by atoms with E-state index in [9.17, 15) is 14.4 Å². The molecule has 0 saturated heterocycles. The Hall–Kier alpha value is -4.82. The Bertz CT molecular complexity index is 1640. The smallest absolute Gasteiger partial charge is 0.328 e. The summed E-state index contributed by atoms with van der Waals surface area (Å²) >= 11 is 5.62. The molecule has 0 bridgehead atoms. The lowest BCUT2D eigenvalue weighted by molar-refractivity contribution is -0.143. The molecule has 7 nitrogen and oxygen atoms in total. The SMILES string of the molecule is CCc1cccc(C)c1C(=O)NC(Cc1ccc(C)cc1)C(=O)OC.CCc1cccc(C)c1C(=S)NC(Cc1ccc(C)cc1)C(=O)OC. The molecule has 0 aliphatic carbocycles. The summed E-state index contributed by atoms with van der Waals surface area (Å²) in [6.45, 7) is 12.1. The van der Waals surface area contributed by atoms with E-state index >= 15 is 0 Å². The number of rotatable bonds is 12. The van der Waals surface area contributed by atoms with Crippen molar-refractivity contribution in [3.05, 3.63) is 141 Å². The van der Waals surface area contributed by atoms with Crippen LogP contribution in [0.4, 0.5) is 0 Å². The number of aryl methyl sites for hydroxylation is 6. The van der Waals surface area contributed by atoms with Crippen molar-refractivity contribution in [2.75, 3.05) is 14.2 Å². The lowest BCUT2D eigenvalue weighted by atomic mass is 9.98. The number of benzene rings is 4. The molecule has 0 spiro atoms. The van der Waals surface area contributed by atoms with Gasteiger partial charge in [-0.05, 0) is 73.9 Å². The second-order valence-electron chi connectivity index (χ2n) is 12.4. The van der Waals surface area contributed by atoms with Crippen molar-refractivity contribution < 1.29 is 23.9 Å². The molecule has 0 heterocycles. The highest BCUT2D eigenvalue weighted by Gasteiger charge is 2.25. The minimum Gasteiger partial charge on any atom is -0.467 e. The number of methoxy groups -OCH3 is 2. The van der Waals surface area contributed by atoms with Gasteiger partial charge in [0.2, 0.25) is 0 Å². The fourth-order valence-electron chi connectivity index (χ4n) is 5.75. The highest BCUT2D eigenvalue weighted by atomic mass is 32.1. The van der Waals surface area contributed by atoms with E-state index in [-0.39, 0.29) is 11.9 Å². The molecule has 8 heteroatoms. The lowest BCUT2D eigenvalue weighted by Gasteiger charge is -2.21. The molecule has 0 saturated carbocycles. The highest BCUT2D eigenvalue weighted by Crippen LogP contribution is 2.18. The van der Waals surface area contributed by atoms with Crippen LogP contribution in [-0.2, 0) is 44.7 Å². The van der Waals surface area contributed by atoms with Crippen molar-refractivity contribution in [2.24, 2.45) is 0 Å². The zero-order valence-electron chi connectivity index (χ0n) is 30.5. The van der Waals surface area contributed by atoms with Crippen LogP contribution in [0, 0.1) is 27.7 Å². The van der Waals surface area contributed by atoms with E-state index in [2.05, 4.69) is 23.6 Å². The van der Waals surface area contributed by atoms with Crippen molar-refractivity contribution in [3.63, 3.8) is 0 Å². The average molecular weight is 695 g/mol. The first-order chi connectivity index (χ1) is 23.9. The van der Waals surface area contributed by atoms with Gasteiger partial charge in [0.05, 0.1) is 14.2 Å². The second kappa shape index (κ2) is 19.4. The minimum atomic E-state index is -0.718. The van der Waals surface area contributed by atoms with Crippen LogP contribution in [0.3, 0.4) is 0 Å². The zero-order chi connectivity index (χ0) is 36.8. The standard InChI is InChI=1S/C21H25NO3.C21H25NO2S/c1-5-17-8-6-7-15(3)19(17)20(23)22-18(21(24)25-4)13-16-11-9-14(2)10-12-16;1-5-17-8-6-7-15(3)19(17)20(25)22-18(21(23)24-4)13-16-11-9-14(2)10-12-16/h6-12,18H,5,13H2,1-4H3,(H,22,23);6-12,18H,5,13H2,1-4H3,(H,22,25). The minimum absolute atomic E-state index is 0.238. The number of nitrogens with one attached hydrogen (secondary N) is 2. The Balaban J connectivity index is 0.000000270. The van der Waals surface area contributed by atoms with E-state index in [1.54, 1.807) is 0 Å². The molecule has 264 valence electrons. The van der Waals surface area contributed by atoms with Crippen molar-refractivity contribution in [1.82, 2.24) is 10.6 Å². The number of ether oxygens (including phenoxy) is 2.